The van der Waals surface area contributed by atoms with E-state index in [1.165, 1.54) is 6.20 Å². The molecular weight excluding hydrogens is 166 g/mol. The number of carbonyl (C=O) groups is 1. The molecule has 0 spiro atoms. The maximum absolute atomic E-state index is 10.8. The lowest BCUT2D eigenvalue weighted by Crippen LogP contribution is -2.05. The van der Waals surface area contributed by atoms with Crippen LogP contribution < -0.4 is 0 Å². The summed E-state index contributed by atoms with van der Waals surface area (Å²) in [7, 11) is 0. The summed E-state index contributed by atoms with van der Waals surface area (Å²) in [6.07, 6.45) is 3.97. The van der Waals surface area contributed by atoms with Gasteiger partial charge in [0.15, 0.2) is 0 Å². The van der Waals surface area contributed by atoms with Gasteiger partial charge in [-0.25, -0.2) is 4.79 Å². The minimum absolute atomic E-state index is 0.272. The molecule has 0 radical (unpaired) electrons. The lowest BCUT2D eigenvalue weighted by atomic mass is 9.95. The third-order valence-electron chi connectivity index (χ3n) is 2.23. The van der Waals surface area contributed by atoms with Gasteiger partial charge >= 0.3 is 5.97 Å². The van der Waals surface area contributed by atoms with E-state index in [0.717, 1.165) is 12.0 Å². The van der Waals surface area contributed by atoms with Crippen LogP contribution in [-0.4, -0.2) is 16.1 Å². The fourth-order valence-corrected chi connectivity index (χ4v) is 1.23. The predicted molar refractivity (Wildman–Crippen MR) is 49.9 cm³/mol. The molecule has 0 aliphatic carbocycles. The van der Waals surface area contributed by atoms with Crippen LogP contribution >= 0.6 is 0 Å². The maximum Gasteiger partial charge on any atom is 0.337 e. The molecule has 1 aromatic rings. The third-order valence-corrected chi connectivity index (χ3v) is 2.23. The molecule has 0 fully saturated rings. The number of carboxylic acid groups (broad SMARTS) is 1. The molecule has 13 heavy (non-hydrogen) atoms. The van der Waals surface area contributed by atoms with Crippen LogP contribution in [0.3, 0.4) is 0 Å². The highest BCUT2D eigenvalue weighted by Gasteiger charge is 2.13. The Morgan fingerprint density at radius 1 is 1.69 bits per heavy atom. The number of hydrogen-bond acceptors (Lipinski definition) is 2. The first-order valence-corrected chi connectivity index (χ1v) is 4.34. The Labute approximate surface area is 77.4 Å². The average molecular weight is 179 g/mol. The van der Waals surface area contributed by atoms with Gasteiger partial charge in [0.2, 0.25) is 0 Å². The third kappa shape index (κ3) is 2.05. The van der Waals surface area contributed by atoms with Crippen molar-refractivity contribution in [2.24, 2.45) is 0 Å². The second kappa shape index (κ2) is 4.03. The van der Waals surface area contributed by atoms with Gasteiger partial charge in [-0.15, -0.1) is 0 Å². The van der Waals surface area contributed by atoms with Gasteiger partial charge in [0.1, 0.15) is 0 Å². The zero-order valence-corrected chi connectivity index (χ0v) is 7.82. The maximum atomic E-state index is 10.8. The molecule has 1 N–H and O–H groups in total. The Hall–Kier alpha value is -1.38. The molecule has 3 heteroatoms. The highest BCUT2D eigenvalue weighted by molar-refractivity contribution is 5.89. The summed E-state index contributed by atoms with van der Waals surface area (Å²) >= 11 is 0. The number of hydrogen-bond donors (Lipinski definition) is 1. The van der Waals surface area contributed by atoms with E-state index in [-0.39, 0.29) is 5.92 Å². The van der Waals surface area contributed by atoms with Gasteiger partial charge in [-0.05, 0) is 24.0 Å². The molecule has 0 aliphatic heterocycles. The van der Waals surface area contributed by atoms with Crippen molar-refractivity contribution in [1.29, 1.82) is 0 Å². The molecule has 1 atom stereocenters. The summed E-state index contributed by atoms with van der Waals surface area (Å²) in [4.78, 5) is 14.6. The minimum Gasteiger partial charge on any atom is -0.478 e. The Bertz CT molecular complexity index is 310. The van der Waals surface area contributed by atoms with Crippen molar-refractivity contribution in [3.8, 4) is 0 Å². The SMILES string of the molecule is CCC(C)c1ccncc1C(=O)O. The smallest absolute Gasteiger partial charge is 0.337 e. The van der Waals surface area contributed by atoms with E-state index in [1.54, 1.807) is 12.3 Å². The number of aromatic nitrogens is 1. The van der Waals surface area contributed by atoms with Gasteiger partial charge < -0.3 is 5.11 Å². The van der Waals surface area contributed by atoms with E-state index in [4.69, 9.17) is 5.11 Å². The van der Waals surface area contributed by atoms with E-state index < -0.39 is 5.97 Å². The van der Waals surface area contributed by atoms with E-state index in [2.05, 4.69) is 4.98 Å². The van der Waals surface area contributed by atoms with Crippen LogP contribution in [0.1, 0.15) is 42.1 Å². The van der Waals surface area contributed by atoms with Crippen molar-refractivity contribution in [3.63, 3.8) is 0 Å². The number of aromatic carboxylic acids is 1. The van der Waals surface area contributed by atoms with Gasteiger partial charge in [-0.2, -0.15) is 0 Å². The van der Waals surface area contributed by atoms with Crippen LogP contribution in [0, 0.1) is 0 Å². The highest BCUT2D eigenvalue weighted by Crippen LogP contribution is 2.21. The van der Waals surface area contributed by atoms with Gasteiger partial charge in [0.25, 0.3) is 0 Å². The highest BCUT2D eigenvalue weighted by atomic mass is 16.4. The van der Waals surface area contributed by atoms with Crippen LogP contribution in [0.4, 0.5) is 0 Å². The molecule has 1 rings (SSSR count). The van der Waals surface area contributed by atoms with Crippen molar-refractivity contribution in [1.82, 2.24) is 4.98 Å². The molecule has 70 valence electrons. The Kier molecular flexibility index (Phi) is 3.01. The number of carboxylic acids is 1. The topological polar surface area (TPSA) is 50.2 Å². The molecule has 1 heterocycles. The first-order valence-electron chi connectivity index (χ1n) is 4.34. The van der Waals surface area contributed by atoms with E-state index in [1.807, 2.05) is 13.8 Å². The van der Waals surface area contributed by atoms with Crippen LogP contribution in [-0.2, 0) is 0 Å². The number of rotatable bonds is 3. The lowest BCUT2D eigenvalue weighted by molar-refractivity contribution is 0.0694. The monoisotopic (exact) mass is 179 g/mol. The normalized spacial score (nSPS) is 12.5. The molecule has 3 nitrogen and oxygen atoms in total. The van der Waals surface area contributed by atoms with Crippen molar-refractivity contribution in [2.75, 3.05) is 0 Å². The average Bonchev–Trinajstić information content (AvgIpc) is 2.16. The Balaban J connectivity index is 3.11. The molecule has 0 aliphatic rings. The van der Waals surface area contributed by atoms with Crippen molar-refractivity contribution < 1.29 is 9.90 Å². The standard InChI is InChI=1S/C10H13NO2/c1-3-7(2)8-4-5-11-6-9(8)10(12)13/h4-7H,3H2,1-2H3,(H,12,13). The summed E-state index contributed by atoms with van der Waals surface area (Å²) < 4.78 is 0. The quantitative estimate of drug-likeness (QED) is 0.774. The summed E-state index contributed by atoms with van der Waals surface area (Å²) in [5, 5.41) is 8.87. The largest absolute Gasteiger partial charge is 0.478 e. The van der Waals surface area contributed by atoms with E-state index in [9.17, 15) is 4.79 Å². The van der Waals surface area contributed by atoms with Gasteiger partial charge in [-0.3, -0.25) is 4.98 Å². The molecule has 0 saturated heterocycles. The molecule has 1 aromatic heterocycles. The van der Waals surface area contributed by atoms with Gasteiger partial charge in [-0.1, -0.05) is 13.8 Å². The zero-order valence-electron chi connectivity index (χ0n) is 7.82. The lowest BCUT2D eigenvalue weighted by Gasteiger charge is -2.10. The molecule has 1 unspecified atom stereocenters. The van der Waals surface area contributed by atoms with E-state index >= 15 is 0 Å². The molecule has 0 saturated carbocycles. The predicted octanol–water partition coefficient (Wildman–Crippen LogP) is 2.29. The second-order valence-electron chi connectivity index (χ2n) is 3.08. The molecular formula is C10H13NO2. The first-order chi connectivity index (χ1) is 6.16. The number of pyridine rings is 1. The van der Waals surface area contributed by atoms with Gasteiger partial charge in [0.05, 0.1) is 5.56 Å². The second-order valence-corrected chi connectivity index (χ2v) is 3.08. The van der Waals surface area contributed by atoms with Crippen LogP contribution in [0.2, 0.25) is 0 Å². The Morgan fingerprint density at radius 2 is 2.38 bits per heavy atom. The first kappa shape index (κ1) is 9.71. The molecule has 0 bridgehead atoms. The minimum atomic E-state index is -0.900. The summed E-state index contributed by atoms with van der Waals surface area (Å²) in [6, 6.07) is 1.78. The van der Waals surface area contributed by atoms with Gasteiger partial charge in [0, 0.05) is 12.4 Å². The fourth-order valence-electron chi connectivity index (χ4n) is 1.23. The van der Waals surface area contributed by atoms with Crippen molar-refractivity contribution >= 4 is 5.97 Å². The molecule has 0 aromatic carbocycles. The van der Waals surface area contributed by atoms with Crippen LogP contribution in [0.15, 0.2) is 18.5 Å². The molecule has 0 amide bonds. The van der Waals surface area contributed by atoms with Crippen molar-refractivity contribution in [3.05, 3.63) is 29.6 Å². The van der Waals surface area contributed by atoms with Crippen LogP contribution in [0.5, 0.6) is 0 Å². The summed E-state index contributed by atoms with van der Waals surface area (Å²) in [5.41, 5.74) is 1.18. The zero-order chi connectivity index (χ0) is 9.84. The van der Waals surface area contributed by atoms with Crippen molar-refractivity contribution in [2.45, 2.75) is 26.2 Å². The Morgan fingerprint density at radius 3 is 2.92 bits per heavy atom. The summed E-state index contributed by atoms with van der Waals surface area (Å²) in [6.45, 7) is 4.05. The summed E-state index contributed by atoms with van der Waals surface area (Å²) in [5.74, 6) is -0.627. The van der Waals surface area contributed by atoms with Crippen LogP contribution in [0.25, 0.3) is 0 Å². The fraction of sp³-hybridized carbons (Fsp3) is 0.400. The number of nitrogens with zero attached hydrogens (tertiary/aromatic N) is 1. The van der Waals surface area contributed by atoms with E-state index in [0.29, 0.717) is 5.56 Å².